The fourth-order valence-electron chi connectivity index (χ4n) is 3.59. The standard InChI is InChI=1S/C20H23N5O2/c1-24-11-9-21-20(24)19(26)16-8-5-10-25(13-16)14-18-22-17(23-27-18)12-15-6-3-2-4-7-15/h2-4,6-7,9,11,16H,5,8,10,12-14H2,1H3/t16-/m0/s1. The molecule has 0 spiro atoms. The Bertz CT molecular complexity index is 902. The maximum Gasteiger partial charge on any atom is 0.240 e. The zero-order valence-corrected chi connectivity index (χ0v) is 15.4. The van der Waals surface area contributed by atoms with Crippen LogP contribution in [0.1, 0.15) is 40.7 Å². The SMILES string of the molecule is Cn1ccnc1C(=O)[C@H]1CCCN(Cc2nc(Cc3ccccc3)no2)C1. The van der Waals surface area contributed by atoms with Crippen molar-refractivity contribution in [2.24, 2.45) is 13.0 Å². The zero-order chi connectivity index (χ0) is 18.6. The van der Waals surface area contributed by atoms with Gasteiger partial charge in [0.05, 0.1) is 6.54 Å². The van der Waals surface area contributed by atoms with Crippen LogP contribution in [0.2, 0.25) is 0 Å². The van der Waals surface area contributed by atoms with Crippen molar-refractivity contribution in [2.75, 3.05) is 13.1 Å². The third-order valence-electron chi connectivity index (χ3n) is 4.99. The zero-order valence-electron chi connectivity index (χ0n) is 15.4. The number of aryl methyl sites for hydroxylation is 1. The summed E-state index contributed by atoms with van der Waals surface area (Å²) in [5.41, 5.74) is 1.16. The maximum absolute atomic E-state index is 12.7. The molecule has 140 valence electrons. The molecule has 0 saturated carbocycles. The second-order valence-corrected chi connectivity index (χ2v) is 7.07. The van der Waals surface area contributed by atoms with Crippen LogP contribution in [-0.4, -0.2) is 43.5 Å². The van der Waals surface area contributed by atoms with Gasteiger partial charge in [0.1, 0.15) is 0 Å². The minimum atomic E-state index is -0.0356. The lowest BCUT2D eigenvalue weighted by molar-refractivity contribution is 0.0783. The summed E-state index contributed by atoms with van der Waals surface area (Å²) in [6, 6.07) is 10.1. The Kier molecular flexibility index (Phi) is 5.11. The van der Waals surface area contributed by atoms with Gasteiger partial charge >= 0.3 is 0 Å². The average molecular weight is 365 g/mol. The fraction of sp³-hybridized carbons (Fsp3) is 0.400. The number of carbonyl (C=O) groups excluding carboxylic acids is 1. The highest BCUT2D eigenvalue weighted by Crippen LogP contribution is 2.21. The molecule has 1 aliphatic heterocycles. The van der Waals surface area contributed by atoms with Crippen LogP contribution in [0.5, 0.6) is 0 Å². The van der Waals surface area contributed by atoms with E-state index in [1.165, 1.54) is 0 Å². The van der Waals surface area contributed by atoms with Gasteiger partial charge in [0.2, 0.25) is 11.7 Å². The van der Waals surface area contributed by atoms with Crippen molar-refractivity contribution in [3.63, 3.8) is 0 Å². The predicted octanol–water partition coefficient (Wildman–Crippen LogP) is 2.49. The third-order valence-corrected chi connectivity index (χ3v) is 4.99. The number of ketones is 1. The summed E-state index contributed by atoms with van der Waals surface area (Å²) >= 11 is 0. The molecule has 1 atom stereocenters. The third kappa shape index (κ3) is 4.14. The topological polar surface area (TPSA) is 77.1 Å². The molecular weight excluding hydrogens is 342 g/mol. The molecular formula is C20H23N5O2. The van der Waals surface area contributed by atoms with Crippen LogP contribution in [0.4, 0.5) is 0 Å². The van der Waals surface area contributed by atoms with E-state index in [0.717, 1.165) is 24.9 Å². The molecule has 1 aromatic carbocycles. The van der Waals surface area contributed by atoms with Gasteiger partial charge in [-0.3, -0.25) is 9.69 Å². The molecule has 0 aliphatic carbocycles. The van der Waals surface area contributed by atoms with Gasteiger partial charge in [-0.15, -0.1) is 0 Å². The van der Waals surface area contributed by atoms with E-state index in [9.17, 15) is 4.79 Å². The summed E-state index contributed by atoms with van der Waals surface area (Å²) < 4.78 is 7.21. The van der Waals surface area contributed by atoms with Gasteiger partial charge in [0.15, 0.2) is 11.6 Å². The van der Waals surface area contributed by atoms with Crippen LogP contribution in [-0.2, 0) is 20.0 Å². The van der Waals surface area contributed by atoms with E-state index >= 15 is 0 Å². The number of rotatable bonds is 6. The summed E-state index contributed by atoms with van der Waals surface area (Å²) in [4.78, 5) is 23.7. The summed E-state index contributed by atoms with van der Waals surface area (Å²) in [5.74, 6) is 1.90. The van der Waals surface area contributed by atoms with Gasteiger partial charge in [0.25, 0.3) is 0 Å². The average Bonchev–Trinajstić information content (AvgIpc) is 3.31. The molecule has 0 bridgehead atoms. The van der Waals surface area contributed by atoms with Crippen LogP contribution in [0.3, 0.4) is 0 Å². The summed E-state index contributed by atoms with van der Waals surface area (Å²) in [6.07, 6.45) is 6.00. The number of nitrogens with zero attached hydrogens (tertiary/aromatic N) is 5. The molecule has 1 fully saturated rings. The monoisotopic (exact) mass is 365 g/mol. The van der Waals surface area contributed by atoms with Gasteiger partial charge in [0, 0.05) is 38.3 Å². The molecule has 1 saturated heterocycles. The van der Waals surface area contributed by atoms with E-state index in [1.54, 1.807) is 17.0 Å². The molecule has 0 N–H and O–H groups in total. The Morgan fingerprint density at radius 2 is 2.15 bits per heavy atom. The summed E-state index contributed by atoms with van der Waals surface area (Å²) in [7, 11) is 1.85. The van der Waals surface area contributed by atoms with E-state index in [1.807, 2.05) is 25.2 Å². The van der Waals surface area contributed by atoms with Crippen molar-refractivity contribution >= 4 is 5.78 Å². The van der Waals surface area contributed by atoms with Crippen molar-refractivity contribution in [3.8, 4) is 0 Å². The Labute approximate surface area is 158 Å². The largest absolute Gasteiger partial charge is 0.338 e. The van der Waals surface area contributed by atoms with E-state index in [-0.39, 0.29) is 11.7 Å². The maximum atomic E-state index is 12.7. The van der Waals surface area contributed by atoms with Crippen molar-refractivity contribution in [2.45, 2.75) is 25.8 Å². The first-order chi connectivity index (χ1) is 13.2. The first-order valence-electron chi connectivity index (χ1n) is 9.28. The highest BCUT2D eigenvalue weighted by molar-refractivity contribution is 5.94. The number of likely N-dealkylation sites (tertiary alicyclic amines) is 1. The number of imidazole rings is 1. The molecule has 7 heteroatoms. The molecule has 0 amide bonds. The Morgan fingerprint density at radius 3 is 2.93 bits per heavy atom. The van der Waals surface area contributed by atoms with Crippen molar-refractivity contribution < 1.29 is 9.32 Å². The molecule has 1 aliphatic rings. The molecule has 0 radical (unpaired) electrons. The Hall–Kier alpha value is -2.80. The number of hydrogen-bond donors (Lipinski definition) is 0. The van der Waals surface area contributed by atoms with Crippen LogP contribution in [0, 0.1) is 5.92 Å². The quantitative estimate of drug-likeness (QED) is 0.625. The van der Waals surface area contributed by atoms with Crippen molar-refractivity contribution in [1.82, 2.24) is 24.6 Å². The van der Waals surface area contributed by atoms with Crippen LogP contribution in [0.25, 0.3) is 0 Å². The molecule has 7 nitrogen and oxygen atoms in total. The Morgan fingerprint density at radius 1 is 1.30 bits per heavy atom. The van der Waals surface area contributed by atoms with Gasteiger partial charge in [-0.25, -0.2) is 4.98 Å². The second-order valence-electron chi connectivity index (χ2n) is 7.07. The predicted molar refractivity (Wildman–Crippen MR) is 99.1 cm³/mol. The second kappa shape index (κ2) is 7.84. The van der Waals surface area contributed by atoms with E-state index in [2.05, 4.69) is 32.2 Å². The Balaban J connectivity index is 1.37. The highest BCUT2D eigenvalue weighted by Gasteiger charge is 2.29. The fourth-order valence-corrected chi connectivity index (χ4v) is 3.59. The smallest absolute Gasteiger partial charge is 0.240 e. The lowest BCUT2D eigenvalue weighted by atomic mass is 9.93. The highest BCUT2D eigenvalue weighted by atomic mass is 16.5. The molecule has 3 aromatic rings. The van der Waals surface area contributed by atoms with E-state index in [4.69, 9.17) is 4.52 Å². The van der Waals surface area contributed by atoms with Crippen LogP contribution >= 0.6 is 0 Å². The van der Waals surface area contributed by atoms with Crippen LogP contribution < -0.4 is 0 Å². The van der Waals surface area contributed by atoms with E-state index in [0.29, 0.717) is 37.0 Å². The minimum absolute atomic E-state index is 0.0356. The molecule has 4 rings (SSSR count). The number of piperidine rings is 1. The normalized spacial score (nSPS) is 17.9. The van der Waals surface area contributed by atoms with Gasteiger partial charge in [-0.2, -0.15) is 4.98 Å². The first-order valence-corrected chi connectivity index (χ1v) is 9.28. The molecule has 0 unspecified atom stereocenters. The summed E-state index contributed by atoms with van der Waals surface area (Å²) in [5, 5.41) is 4.09. The van der Waals surface area contributed by atoms with Gasteiger partial charge < -0.3 is 9.09 Å². The minimum Gasteiger partial charge on any atom is -0.338 e. The summed E-state index contributed by atoms with van der Waals surface area (Å²) in [6.45, 7) is 2.20. The molecule has 27 heavy (non-hydrogen) atoms. The molecule has 2 aromatic heterocycles. The number of hydrogen-bond acceptors (Lipinski definition) is 6. The first kappa shape index (κ1) is 17.6. The van der Waals surface area contributed by atoms with Crippen molar-refractivity contribution in [3.05, 3.63) is 65.8 Å². The van der Waals surface area contributed by atoms with Gasteiger partial charge in [-0.05, 0) is 24.9 Å². The lowest BCUT2D eigenvalue weighted by Gasteiger charge is -2.30. The number of carbonyl (C=O) groups is 1. The number of aromatic nitrogens is 4. The number of Topliss-reactive ketones (excluding diaryl/α,β-unsaturated/α-hetero) is 1. The molecule has 3 heterocycles. The van der Waals surface area contributed by atoms with Crippen molar-refractivity contribution in [1.29, 1.82) is 0 Å². The van der Waals surface area contributed by atoms with Gasteiger partial charge in [-0.1, -0.05) is 35.5 Å². The van der Waals surface area contributed by atoms with E-state index < -0.39 is 0 Å². The van der Waals surface area contributed by atoms with Crippen LogP contribution in [0.15, 0.2) is 47.2 Å². The lowest BCUT2D eigenvalue weighted by Crippen LogP contribution is -2.39. The number of benzene rings is 1.